The van der Waals surface area contributed by atoms with Gasteiger partial charge in [0.05, 0.1) is 6.20 Å². The fourth-order valence-corrected chi connectivity index (χ4v) is 1.05. The Morgan fingerprint density at radius 1 is 1.64 bits per heavy atom. The van der Waals surface area contributed by atoms with Crippen LogP contribution in [0.1, 0.15) is 13.3 Å². The number of aryl methyl sites for hydroxylation is 1. The van der Waals surface area contributed by atoms with Crippen LogP contribution in [0.15, 0.2) is 11.2 Å². The van der Waals surface area contributed by atoms with Crippen molar-refractivity contribution in [2.75, 3.05) is 0 Å². The molecule has 6 heteroatoms. The standard InChI is InChI=1S/C5H9N3O2S/c1-2-3-8-4-5(6-7-8)11(9)10/h4,11H,2-3H2,1H3. The molecule has 62 valence electrons. The van der Waals surface area contributed by atoms with Gasteiger partial charge in [-0.05, 0) is 6.42 Å². The van der Waals surface area contributed by atoms with Crippen LogP contribution in [-0.4, -0.2) is 23.4 Å². The molecule has 11 heavy (non-hydrogen) atoms. The highest BCUT2D eigenvalue weighted by molar-refractivity contribution is 7.72. The third kappa shape index (κ3) is 2.01. The topological polar surface area (TPSA) is 64.8 Å². The minimum Gasteiger partial charge on any atom is -0.251 e. The molecule has 0 spiro atoms. The van der Waals surface area contributed by atoms with Gasteiger partial charge in [0.1, 0.15) is 0 Å². The van der Waals surface area contributed by atoms with Crippen molar-refractivity contribution in [3.8, 4) is 0 Å². The zero-order chi connectivity index (χ0) is 8.27. The predicted molar refractivity (Wildman–Crippen MR) is 38.9 cm³/mol. The Balaban J connectivity index is 2.81. The normalized spacial score (nSPS) is 10.7. The summed E-state index contributed by atoms with van der Waals surface area (Å²) in [4.78, 5) is 0. The van der Waals surface area contributed by atoms with Crippen molar-refractivity contribution in [1.29, 1.82) is 0 Å². The van der Waals surface area contributed by atoms with Crippen LogP contribution in [0.3, 0.4) is 0 Å². The molecule has 1 rings (SSSR count). The maximum absolute atomic E-state index is 10.3. The molecule has 0 atom stereocenters. The minimum absolute atomic E-state index is 0.0356. The first-order valence-corrected chi connectivity index (χ1v) is 4.46. The van der Waals surface area contributed by atoms with E-state index in [0.29, 0.717) is 6.54 Å². The van der Waals surface area contributed by atoms with Crippen molar-refractivity contribution in [3.05, 3.63) is 6.20 Å². The largest absolute Gasteiger partial charge is 0.251 e. The van der Waals surface area contributed by atoms with Crippen LogP contribution < -0.4 is 0 Å². The summed E-state index contributed by atoms with van der Waals surface area (Å²) in [6.07, 6.45) is 2.34. The molecule has 1 aromatic heterocycles. The number of aromatic nitrogens is 3. The Bertz CT molecular complexity index is 296. The second-order valence-electron chi connectivity index (χ2n) is 2.10. The lowest BCUT2D eigenvalue weighted by Crippen LogP contribution is -1.96. The van der Waals surface area contributed by atoms with Crippen molar-refractivity contribution < 1.29 is 8.42 Å². The molecule has 1 heterocycles. The Hall–Kier alpha value is -0.910. The molecule has 5 nitrogen and oxygen atoms in total. The maximum Gasteiger partial charge on any atom is 0.194 e. The van der Waals surface area contributed by atoms with Gasteiger partial charge in [-0.3, -0.25) is 4.68 Å². The third-order valence-corrected chi connectivity index (χ3v) is 1.75. The number of rotatable bonds is 3. The van der Waals surface area contributed by atoms with Gasteiger partial charge < -0.3 is 0 Å². The van der Waals surface area contributed by atoms with Crippen LogP contribution in [0, 0.1) is 0 Å². The van der Waals surface area contributed by atoms with Gasteiger partial charge in [-0.25, -0.2) is 8.42 Å². The molecule has 0 saturated carbocycles. The van der Waals surface area contributed by atoms with Crippen molar-refractivity contribution in [2.45, 2.75) is 24.9 Å². The van der Waals surface area contributed by atoms with Crippen molar-refractivity contribution in [1.82, 2.24) is 15.0 Å². The van der Waals surface area contributed by atoms with Crippen LogP contribution in [-0.2, 0) is 17.2 Å². The summed E-state index contributed by atoms with van der Waals surface area (Å²) < 4.78 is 22.2. The van der Waals surface area contributed by atoms with E-state index < -0.39 is 10.7 Å². The first kappa shape index (κ1) is 8.19. The van der Waals surface area contributed by atoms with Crippen molar-refractivity contribution >= 4 is 10.7 Å². The van der Waals surface area contributed by atoms with Gasteiger partial charge in [-0.2, -0.15) is 0 Å². The summed E-state index contributed by atoms with van der Waals surface area (Å²) in [6, 6.07) is 0. The highest BCUT2D eigenvalue weighted by Gasteiger charge is 1.99. The van der Waals surface area contributed by atoms with E-state index in [1.54, 1.807) is 0 Å². The van der Waals surface area contributed by atoms with E-state index in [2.05, 4.69) is 10.3 Å². The third-order valence-electron chi connectivity index (χ3n) is 1.17. The van der Waals surface area contributed by atoms with Gasteiger partial charge in [0.25, 0.3) is 0 Å². The molecule has 1 aromatic rings. The molecule has 0 bridgehead atoms. The number of hydrogen-bond acceptors (Lipinski definition) is 4. The van der Waals surface area contributed by atoms with Gasteiger partial charge in [0.2, 0.25) is 0 Å². The van der Waals surface area contributed by atoms with Crippen molar-refractivity contribution in [2.24, 2.45) is 0 Å². The second kappa shape index (κ2) is 3.47. The second-order valence-corrected chi connectivity index (χ2v) is 3.07. The fourth-order valence-electron chi connectivity index (χ4n) is 0.710. The molecule has 0 aromatic carbocycles. The average Bonchev–Trinajstić information content (AvgIpc) is 2.37. The van der Waals surface area contributed by atoms with Crippen LogP contribution in [0.2, 0.25) is 0 Å². The van der Waals surface area contributed by atoms with Crippen LogP contribution >= 0.6 is 0 Å². The number of thiol groups is 1. The van der Waals surface area contributed by atoms with Crippen LogP contribution in [0.4, 0.5) is 0 Å². The maximum atomic E-state index is 10.3. The number of hydrogen-bond donors (Lipinski definition) is 1. The SMILES string of the molecule is CCCn1cc([SH](=O)=O)nn1. The first-order chi connectivity index (χ1) is 5.24. The first-order valence-electron chi connectivity index (χ1n) is 3.28. The van der Waals surface area contributed by atoms with Gasteiger partial charge in [-0.15, -0.1) is 5.10 Å². The zero-order valence-electron chi connectivity index (χ0n) is 6.10. The molecule has 0 aliphatic rings. The summed E-state index contributed by atoms with van der Waals surface area (Å²) >= 11 is 0. The Kier molecular flexibility index (Phi) is 2.58. The van der Waals surface area contributed by atoms with E-state index in [-0.39, 0.29) is 5.03 Å². The van der Waals surface area contributed by atoms with E-state index in [9.17, 15) is 8.42 Å². The Labute approximate surface area is 66.0 Å². The van der Waals surface area contributed by atoms with E-state index >= 15 is 0 Å². The highest BCUT2D eigenvalue weighted by atomic mass is 32.2. The lowest BCUT2D eigenvalue weighted by Gasteiger charge is -1.91. The molecular weight excluding hydrogens is 166 g/mol. The number of nitrogens with zero attached hydrogens (tertiary/aromatic N) is 3. The molecule has 0 aliphatic heterocycles. The lowest BCUT2D eigenvalue weighted by atomic mass is 10.5. The van der Waals surface area contributed by atoms with Crippen molar-refractivity contribution in [3.63, 3.8) is 0 Å². The van der Waals surface area contributed by atoms with Gasteiger partial charge in [0.15, 0.2) is 15.7 Å². The fraction of sp³-hybridized carbons (Fsp3) is 0.600. The Morgan fingerprint density at radius 2 is 2.36 bits per heavy atom. The summed E-state index contributed by atoms with van der Waals surface area (Å²) in [5, 5.41) is 7.10. The van der Waals surface area contributed by atoms with E-state index in [1.165, 1.54) is 10.9 Å². The average molecular weight is 175 g/mol. The van der Waals surface area contributed by atoms with Gasteiger partial charge in [0, 0.05) is 6.54 Å². The molecule has 0 amide bonds. The van der Waals surface area contributed by atoms with Crippen LogP contribution in [0.25, 0.3) is 0 Å². The minimum atomic E-state index is -2.58. The van der Waals surface area contributed by atoms with E-state index in [1.807, 2.05) is 6.92 Å². The monoisotopic (exact) mass is 175 g/mol. The smallest absolute Gasteiger partial charge is 0.194 e. The van der Waals surface area contributed by atoms with Crippen LogP contribution in [0.5, 0.6) is 0 Å². The van der Waals surface area contributed by atoms with E-state index in [0.717, 1.165) is 6.42 Å². The van der Waals surface area contributed by atoms with Gasteiger partial charge >= 0.3 is 0 Å². The summed E-state index contributed by atoms with van der Waals surface area (Å²) in [5.74, 6) is 0. The Morgan fingerprint density at radius 3 is 2.82 bits per heavy atom. The summed E-state index contributed by atoms with van der Waals surface area (Å²) in [7, 11) is -2.58. The summed E-state index contributed by atoms with van der Waals surface area (Å²) in [5.41, 5.74) is 0. The predicted octanol–water partition coefficient (Wildman–Crippen LogP) is -0.342. The molecule has 0 aliphatic carbocycles. The van der Waals surface area contributed by atoms with E-state index in [4.69, 9.17) is 0 Å². The quantitative estimate of drug-likeness (QED) is 0.638. The lowest BCUT2D eigenvalue weighted by molar-refractivity contribution is 0.578. The molecule has 0 saturated heterocycles. The molecular formula is C5H9N3O2S. The summed E-state index contributed by atoms with van der Waals surface area (Å²) in [6.45, 7) is 2.69. The van der Waals surface area contributed by atoms with Gasteiger partial charge in [-0.1, -0.05) is 12.1 Å². The zero-order valence-corrected chi connectivity index (χ0v) is 6.99. The highest BCUT2D eigenvalue weighted by Crippen LogP contribution is 1.94. The molecule has 0 N–H and O–H groups in total. The molecule has 0 unspecified atom stereocenters. The molecule has 0 fully saturated rings. The molecule has 0 radical (unpaired) electrons.